The van der Waals surface area contributed by atoms with Crippen LogP contribution >= 0.6 is 23.2 Å². The SMILES string of the molecule is Cc1nc(Nc2cc(Cl)cc(Cl)c2)[nH]c(=O)c1Cc1ccccc1. The molecule has 1 heterocycles. The van der Waals surface area contributed by atoms with Crippen molar-refractivity contribution in [3.05, 3.63) is 85.8 Å². The van der Waals surface area contributed by atoms with E-state index in [0.717, 1.165) is 5.56 Å². The number of H-pyrrole nitrogens is 1. The number of aromatic nitrogens is 2. The van der Waals surface area contributed by atoms with Crippen LogP contribution in [0.15, 0.2) is 53.3 Å². The number of benzene rings is 2. The smallest absolute Gasteiger partial charge is 0.256 e. The first-order chi connectivity index (χ1) is 11.5. The molecule has 0 spiro atoms. The van der Waals surface area contributed by atoms with E-state index in [2.05, 4.69) is 15.3 Å². The molecule has 0 radical (unpaired) electrons. The summed E-state index contributed by atoms with van der Waals surface area (Å²) < 4.78 is 0. The number of hydrogen-bond donors (Lipinski definition) is 2. The molecule has 0 bridgehead atoms. The van der Waals surface area contributed by atoms with Gasteiger partial charge in [0.1, 0.15) is 0 Å². The molecule has 0 saturated carbocycles. The van der Waals surface area contributed by atoms with Gasteiger partial charge >= 0.3 is 0 Å². The number of rotatable bonds is 4. The molecule has 122 valence electrons. The molecule has 3 aromatic rings. The highest BCUT2D eigenvalue weighted by Crippen LogP contribution is 2.24. The van der Waals surface area contributed by atoms with Gasteiger partial charge in [-0.2, -0.15) is 0 Å². The van der Waals surface area contributed by atoms with Gasteiger partial charge in [-0.1, -0.05) is 53.5 Å². The van der Waals surface area contributed by atoms with Crippen molar-refractivity contribution in [3.63, 3.8) is 0 Å². The summed E-state index contributed by atoms with van der Waals surface area (Å²) >= 11 is 12.0. The predicted octanol–water partition coefficient (Wildman–Crippen LogP) is 4.72. The molecule has 2 aromatic carbocycles. The lowest BCUT2D eigenvalue weighted by Crippen LogP contribution is -2.18. The highest BCUT2D eigenvalue weighted by Gasteiger charge is 2.09. The largest absolute Gasteiger partial charge is 0.326 e. The minimum absolute atomic E-state index is 0.165. The van der Waals surface area contributed by atoms with Crippen molar-refractivity contribution >= 4 is 34.8 Å². The van der Waals surface area contributed by atoms with Crippen LogP contribution < -0.4 is 10.9 Å². The van der Waals surface area contributed by atoms with E-state index in [1.54, 1.807) is 18.2 Å². The molecule has 0 aliphatic carbocycles. The molecule has 0 aliphatic heterocycles. The maximum absolute atomic E-state index is 12.4. The molecule has 1 aromatic heterocycles. The Kier molecular flexibility index (Phi) is 4.88. The highest BCUT2D eigenvalue weighted by molar-refractivity contribution is 6.35. The zero-order chi connectivity index (χ0) is 17.1. The van der Waals surface area contributed by atoms with Crippen molar-refractivity contribution in [2.45, 2.75) is 13.3 Å². The first-order valence-electron chi connectivity index (χ1n) is 7.38. The maximum atomic E-state index is 12.4. The summed E-state index contributed by atoms with van der Waals surface area (Å²) in [5, 5.41) is 4.03. The zero-order valence-electron chi connectivity index (χ0n) is 12.9. The van der Waals surface area contributed by atoms with Gasteiger partial charge in [0.05, 0.1) is 5.69 Å². The van der Waals surface area contributed by atoms with Gasteiger partial charge in [-0.3, -0.25) is 9.78 Å². The molecule has 0 amide bonds. The minimum atomic E-state index is -0.165. The van der Waals surface area contributed by atoms with E-state index in [-0.39, 0.29) is 5.56 Å². The number of aromatic amines is 1. The number of aryl methyl sites for hydroxylation is 1. The van der Waals surface area contributed by atoms with E-state index in [1.807, 2.05) is 37.3 Å². The monoisotopic (exact) mass is 359 g/mol. The quantitative estimate of drug-likeness (QED) is 0.708. The Balaban J connectivity index is 1.88. The van der Waals surface area contributed by atoms with Gasteiger partial charge in [0.25, 0.3) is 5.56 Å². The van der Waals surface area contributed by atoms with Gasteiger partial charge in [-0.25, -0.2) is 4.98 Å². The third-order valence-corrected chi connectivity index (χ3v) is 4.01. The molecular weight excluding hydrogens is 345 g/mol. The van der Waals surface area contributed by atoms with Gasteiger partial charge in [0.15, 0.2) is 0 Å². The van der Waals surface area contributed by atoms with E-state index in [1.165, 1.54) is 0 Å². The number of anilines is 2. The Morgan fingerprint density at radius 2 is 1.75 bits per heavy atom. The third kappa shape index (κ3) is 3.96. The van der Waals surface area contributed by atoms with Crippen LogP contribution in [0.3, 0.4) is 0 Å². The second-order valence-electron chi connectivity index (χ2n) is 5.42. The molecule has 0 atom stereocenters. The fraction of sp³-hybridized carbons (Fsp3) is 0.111. The number of nitrogens with one attached hydrogen (secondary N) is 2. The van der Waals surface area contributed by atoms with Crippen molar-refractivity contribution in [3.8, 4) is 0 Å². The second-order valence-corrected chi connectivity index (χ2v) is 6.30. The van der Waals surface area contributed by atoms with Crippen LogP contribution in [-0.2, 0) is 6.42 Å². The molecular formula is C18H15Cl2N3O. The molecule has 24 heavy (non-hydrogen) atoms. The van der Waals surface area contributed by atoms with Gasteiger partial charge < -0.3 is 5.32 Å². The van der Waals surface area contributed by atoms with Gasteiger partial charge in [0.2, 0.25) is 5.95 Å². The summed E-state index contributed by atoms with van der Waals surface area (Å²) in [6, 6.07) is 14.9. The van der Waals surface area contributed by atoms with E-state index in [9.17, 15) is 4.79 Å². The Morgan fingerprint density at radius 3 is 2.38 bits per heavy atom. The van der Waals surface area contributed by atoms with Gasteiger partial charge in [-0.05, 0) is 30.7 Å². The van der Waals surface area contributed by atoms with Crippen molar-refractivity contribution < 1.29 is 0 Å². The highest BCUT2D eigenvalue weighted by atomic mass is 35.5. The average Bonchev–Trinajstić information content (AvgIpc) is 2.51. The molecule has 0 fully saturated rings. The van der Waals surface area contributed by atoms with Crippen molar-refractivity contribution in [2.24, 2.45) is 0 Å². The van der Waals surface area contributed by atoms with Gasteiger partial charge in [0, 0.05) is 27.7 Å². The number of halogens is 2. The van der Waals surface area contributed by atoms with E-state index in [4.69, 9.17) is 23.2 Å². The Bertz CT molecular complexity index is 903. The Hall–Kier alpha value is -2.30. The molecule has 2 N–H and O–H groups in total. The van der Waals surface area contributed by atoms with Crippen LogP contribution in [0.25, 0.3) is 0 Å². The van der Waals surface area contributed by atoms with E-state index in [0.29, 0.717) is 39.4 Å². The first-order valence-corrected chi connectivity index (χ1v) is 8.14. The average molecular weight is 360 g/mol. The molecule has 0 unspecified atom stereocenters. The van der Waals surface area contributed by atoms with Gasteiger partial charge in [-0.15, -0.1) is 0 Å². The molecule has 6 heteroatoms. The van der Waals surface area contributed by atoms with Crippen LogP contribution in [0.2, 0.25) is 10.0 Å². The van der Waals surface area contributed by atoms with Crippen molar-refractivity contribution in [1.29, 1.82) is 0 Å². The van der Waals surface area contributed by atoms with Crippen LogP contribution in [0.1, 0.15) is 16.8 Å². The molecule has 3 rings (SSSR count). The fourth-order valence-electron chi connectivity index (χ4n) is 2.44. The molecule has 4 nitrogen and oxygen atoms in total. The maximum Gasteiger partial charge on any atom is 0.256 e. The second kappa shape index (κ2) is 7.07. The first kappa shape index (κ1) is 16.6. The van der Waals surface area contributed by atoms with E-state index >= 15 is 0 Å². The zero-order valence-corrected chi connectivity index (χ0v) is 14.4. The van der Waals surface area contributed by atoms with Crippen LogP contribution in [0, 0.1) is 6.92 Å². The summed E-state index contributed by atoms with van der Waals surface area (Å²) in [5.41, 5.74) is 2.89. The Labute approximate surface area is 149 Å². The van der Waals surface area contributed by atoms with Crippen LogP contribution in [-0.4, -0.2) is 9.97 Å². The number of nitrogens with zero attached hydrogens (tertiary/aromatic N) is 1. The number of hydrogen-bond acceptors (Lipinski definition) is 3. The van der Waals surface area contributed by atoms with Crippen LogP contribution in [0.5, 0.6) is 0 Å². The van der Waals surface area contributed by atoms with E-state index < -0.39 is 0 Å². The minimum Gasteiger partial charge on any atom is -0.326 e. The molecule has 0 aliphatic rings. The predicted molar refractivity (Wildman–Crippen MR) is 98.6 cm³/mol. The lowest BCUT2D eigenvalue weighted by molar-refractivity contribution is 0.986. The summed E-state index contributed by atoms with van der Waals surface area (Å²) in [6.07, 6.45) is 0.540. The summed E-state index contributed by atoms with van der Waals surface area (Å²) in [4.78, 5) is 19.6. The summed E-state index contributed by atoms with van der Waals surface area (Å²) in [7, 11) is 0. The fourth-order valence-corrected chi connectivity index (χ4v) is 2.97. The van der Waals surface area contributed by atoms with Crippen molar-refractivity contribution in [1.82, 2.24) is 9.97 Å². The summed E-state index contributed by atoms with van der Waals surface area (Å²) in [5.74, 6) is 0.354. The summed E-state index contributed by atoms with van der Waals surface area (Å²) in [6.45, 7) is 1.82. The topological polar surface area (TPSA) is 57.8 Å². The lowest BCUT2D eigenvalue weighted by atomic mass is 10.1. The standard InChI is InChI=1S/C18H15Cl2N3O/c1-11-16(7-12-5-3-2-4-6-12)17(24)23-18(21-11)22-15-9-13(19)8-14(20)10-15/h2-6,8-10H,7H2,1H3,(H2,21,22,23,24). The third-order valence-electron chi connectivity index (χ3n) is 3.57. The molecule has 0 saturated heterocycles. The Morgan fingerprint density at radius 1 is 1.08 bits per heavy atom. The van der Waals surface area contributed by atoms with Crippen LogP contribution in [0.4, 0.5) is 11.6 Å². The normalized spacial score (nSPS) is 10.6. The lowest BCUT2D eigenvalue weighted by Gasteiger charge is -2.10. The van der Waals surface area contributed by atoms with Crippen molar-refractivity contribution in [2.75, 3.05) is 5.32 Å².